The molecule has 1 aromatic heterocycles. The molecule has 3 nitrogen and oxygen atoms in total. The minimum Gasteiger partial charge on any atom is -0.377 e. The largest absolute Gasteiger partial charge is 0.377 e. The lowest BCUT2D eigenvalue weighted by atomic mass is 10.2. The number of aryl methyl sites for hydroxylation is 2. The number of nitrogens with zero attached hydrogens (tertiary/aromatic N) is 2. The van der Waals surface area contributed by atoms with Crippen LogP contribution in [0.3, 0.4) is 0 Å². The van der Waals surface area contributed by atoms with Gasteiger partial charge in [0, 0.05) is 24.9 Å². The van der Waals surface area contributed by atoms with Crippen molar-refractivity contribution in [2.45, 2.75) is 53.1 Å². The Labute approximate surface area is 98.8 Å². The van der Waals surface area contributed by atoms with Crippen molar-refractivity contribution in [2.75, 3.05) is 6.61 Å². The number of aromatic nitrogens is 2. The van der Waals surface area contributed by atoms with Gasteiger partial charge in [0.1, 0.15) is 0 Å². The van der Waals surface area contributed by atoms with E-state index >= 15 is 0 Å². The number of rotatable bonds is 7. The number of hydrogen-bond acceptors (Lipinski definition) is 2. The zero-order valence-electron chi connectivity index (χ0n) is 11.0. The van der Waals surface area contributed by atoms with Crippen LogP contribution in [0.15, 0.2) is 0 Å². The van der Waals surface area contributed by atoms with Crippen LogP contribution in [0.2, 0.25) is 0 Å². The lowest BCUT2D eigenvalue weighted by molar-refractivity contribution is 0.116. The summed E-state index contributed by atoms with van der Waals surface area (Å²) in [6.45, 7) is 7.94. The molecule has 16 heavy (non-hydrogen) atoms. The summed E-state index contributed by atoms with van der Waals surface area (Å²) in [5.41, 5.74) is 3.55. The molecule has 0 saturated heterocycles. The Hall–Kier alpha value is -0.830. The predicted molar refractivity (Wildman–Crippen MR) is 66.5 cm³/mol. The average Bonchev–Trinajstić information content (AvgIpc) is 2.49. The highest BCUT2D eigenvalue weighted by Gasteiger charge is 2.08. The summed E-state index contributed by atoms with van der Waals surface area (Å²) in [5, 5.41) is 4.38. The first-order valence-electron chi connectivity index (χ1n) is 6.23. The minimum absolute atomic E-state index is 0.706. The highest BCUT2D eigenvalue weighted by Crippen LogP contribution is 2.13. The highest BCUT2D eigenvalue weighted by molar-refractivity contribution is 5.23. The topological polar surface area (TPSA) is 27.1 Å². The van der Waals surface area contributed by atoms with Gasteiger partial charge in [-0.1, -0.05) is 26.2 Å². The summed E-state index contributed by atoms with van der Waals surface area (Å²) in [7, 11) is 1.98. The van der Waals surface area contributed by atoms with E-state index in [4.69, 9.17) is 4.74 Å². The first kappa shape index (κ1) is 13.2. The summed E-state index contributed by atoms with van der Waals surface area (Å²) in [6, 6.07) is 0. The fourth-order valence-corrected chi connectivity index (χ4v) is 1.83. The van der Waals surface area contributed by atoms with Crippen molar-refractivity contribution < 1.29 is 4.74 Å². The molecule has 0 aromatic carbocycles. The van der Waals surface area contributed by atoms with Crippen molar-refractivity contribution in [2.24, 2.45) is 7.05 Å². The molecule has 1 aromatic rings. The van der Waals surface area contributed by atoms with Gasteiger partial charge in [-0.2, -0.15) is 5.10 Å². The standard InChI is InChI=1S/C13H24N2O/c1-5-6-7-8-9-16-10-13-11(2)14-15(4)12(13)3/h5-10H2,1-4H3. The van der Waals surface area contributed by atoms with Crippen LogP contribution in [0.5, 0.6) is 0 Å². The van der Waals surface area contributed by atoms with Crippen LogP contribution in [-0.4, -0.2) is 16.4 Å². The summed E-state index contributed by atoms with van der Waals surface area (Å²) >= 11 is 0. The van der Waals surface area contributed by atoms with Gasteiger partial charge < -0.3 is 4.74 Å². The molecule has 1 heterocycles. The quantitative estimate of drug-likeness (QED) is 0.665. The van der Waals surface area contributed by atoms with E-state index in [0.29, 0.717) is 6.61 Å². The molecule has 1 rings (SSSR count). The van der Waals surface area contributed by atoms with Crippen molar-refractivity contribution in [3.05, 3.63) is 17.0 Å². The van der Waals surface area contributed by atoms with E-state index in [1.807, 2.05) is 18.7 Å². The summed E-state index contributed by atoms with van der Waals surface area (Å²) in [5.74, 6) is 0. The first-order chi connectivity index (χ1) is 7.66. The van der Waals surface area contributed by atoms with Crippen molar-refractivity contribution in [3.8, 4) is 0 Å². The van der Waals surface area contributed by atoms with Gasteiger partial charge in [-0.3, -0.25) is 4.68 Å². The van der Waals surface area contributed by atoms with Crippen molar-refractivity contribution >= 4 is 0 Å². The molecule has 0 spiro atoms. The Kier molecular flexibility index (Phi) is 5.53. The molecular weight excluding hydrogens is 200 g/mol. The maximum absolute atomic E-state index is 5.69. The second kappa shape index (κ2) is 6.69. The molecule has 0 aliphatic heterocycles. The third-order valence-corrected chi connectivity index (χ3v) is 3.05. The van der Waals surface area contributed by atoms with E-state index in [0.717, 1.165) is 12.3 Å². The van der Waals surface area contributed by atoms with Crippen LogP contribution in [0.4, 0.5) is 0 Å². The monoisotopic (exact) mass is 224 g/mol. The first-order valence-corrected chi connectivity index (χ1v) is 6.23. The lowest BCUT2D eigenvalue weighted by Crippen LogP contribution is -1.99. The molecule has 0 aliphatic rings. The Morgan fingerprint density at radius 2 is 1.94 bits per heavy atom. The molecule has 0 N–H and O–H groups in total. The lowest BCUT2D eigenvalue weighted by Gasteiger charge is -2.04. The summed E-state index contributed by atoms with van der Waals surface area (Å²) < 4.78 is 7.61. The number of ether oxygens (including phenoxy) is 1. The second-order valence-electron chi connectivity index (χ2n) is 4.39. The molecule has 0 fully saturated rings. The smallest absolute Gasteiger partial charge is 0.0752 e. The number of hydrogen-bond donors (Lipinski definition) is 0. The molecule has 0 aliphatic carbocycles. The van der Waals surface area contributed by atoms with Gasteiger partial charge in [0.15, 0.2) is 0 Å². The van der Waals surface area contributed by atoms with E-state index in [2.05, 4.69) is 18.9 Å². The molecule has 3 heteroatoms. The van der Waals surface area contributed by atoms with Crippen LogP contribution in [0, 0.1) is 13.8 Å². The van der Waals surface area contributed by atoms with Crippen LogP contribution in [0.1, 0.15) is 49.6 Å². The number of unbranched alkanes of at least 4 members (excludes halogenated alkanes) is 3. The summed E-state index contributed by atoms with van der Waals surface area (Å²) in [6.07, 6.45) is 5.04. The minimum atomic E-state index is 0.706. The molecule has 0 saturated carbocycles. The Morgan fingerprint density at radius 3 is 2.50 bits per heavy atom. The predicted octanol–water partition coefficient (Wildman–Crippen LogP) is 3.13. The van der Waals surface area contributed by atoms with E-state index in [9.17, 15) is 0 Å². The van der Waals surface area contributed by atoms with E-state index in [-0.39, 0.29) is 0 Å². The highest BCUT2D eigenvalue weighted by atomic mass is 16.5. The molecule has 0 atom stereocenters. The molecule has 0 radical (unpaired) electrons. The van der Waals surface area contributed by atoms with Gasteiger partial charge in [-0.15, -0.1) is 0 Å². The van der Waals surface area contributed by atoms with E-state index < -0.39 is 0 Å². The Bertz CT molecular complexity index is 318. The maximum Gasteiger partial charge on any atom is 0.0752 e. The Morgan fingerprint density at radius 1 is 1.19 bits per heavy atom. The van der Waals surface area contributed by atoms with E-state index in [1.54, 1.807) is 0 Å². The molecule has 0 unspecified atom stereocenters. The Balaban J connectivity index is 2.26. The molecular formula is C13H24N2O. The molecule has 0 bridgehead atoms. The second-order valence-corrected chi connectivity index (χ2v) is 4.39. The maximum atomic E-state index is 5.69. The molecule has 0 amide bonds. The van der Waals surface area contributed by atoms with Gasteiger partial charge in [0.2, 0.25) is 0 Å². The van der Waals surface area contributed by atoms with Gasteiger partial charge in [-0.05, 0) is 20.3 Å². The van der Waals surface area contributed by atoms with Crippen LogP contribution < -0.4 is 0 Å². The van der Waals surface area contributed by atoms with Crippen LogP contribution >= 0.6 is 0 Å². The molecule has 92 valence electrons. The average molecular weight is 224 g/mol. The van der Waals surface area contributed by atoms with E-state index in [1.165, 1.54) is 36.9 Å². The van der Waals surface area contributed by atoms with Gasteiger partial charge >= 0.3 is 0 Å². The van der Waals surface area contributed by atoms with Crippen LogP contribution in [0.25, 0.3) is 0 Å². The normalized spacial score (nSPS) is 11.0. The van der Waals surface area contributed by atoms with Gasteiger partial charge in [0.05, 0.1) is 12.3 Å². The van der Waals surface area contributed by atoms with Crippen molar-refractivity contribution in [1.82, 2.24) is 9.78 Å². The van der Waals surface area contributed by atoms with Gasteiger partial charge in [0.25, 0.3) is 0 Å². The van der Waals surface area contributed by atoms with Crippen LogP contribution in [-0.2, 0) is 18.4 Å². The zero-order valence-corrected chi connectivity index (χ0v) is 11.0. The SMILES string of the molecule is CCCCCCOCc1c(C)nn(C)c1C. The van der Waals surface area contributed by atoms with Crippen molar-refractivity contribution in [1.29, 1.82) is 0 Å². The fraction of sp³-hybridized carbons (Fsp3) is 0.769. The third kappa shape index (κ3) is 3.63. The van der Waals surface area contributed by atoms with Crippen molar-refractivity contribution in [3.63, 3.8) is 0 Å². The van der Waals surface area contributed by atoms with Gasteiger partial charge in [-0.25, -0.2) is 0 Å². The fourth-order valence-electron chi connectivity index (χ4n) is 1.83. The summed E-state index contributed by atoms with van der Waals surface area (Å²) in [4.78, 5) is 0. The zero-order chi connectivity index (χ0) is 12.0. The third-order valence-electron chi connectivity index (χ3n) is 3.05.